The molecule has 1 rings (SSSR count). The maximum atomic E-state index is 12.4. The van der Waals surface area contributed by atoms with E-state index >= 15 is 0 Å². The quantitative estimate of drug-likeness (QED) is 0.136. The van der Waals surface area contributed by atoms with Gasteiger partial charge in [-0.1, -0.05) is 20.3 Å². The van der Waals surface area contributed by atoms with Gasteiger partial charge in [-0.15, -0.1) is 0 Å². The molecule has 1 heterocycles. The smallest absolute Gasteiger partial charge is 0.295 e. The van der Waals surface area contributed by atoms with Crippen LogP contribution in [0, 0.1) is 5.92 Å². The van der Waals surface area contributed by atoms with Crippen molar-refractivity contribution in [3.63, 3.8) is 0 Å². The molecule has 0 aromatic rings. The largest absolute Gasteiger partial charge is 0.434 e. The second-order valence-electron chi connectivity index (χ2n) is 6.43. The first-order valence-electron chi connectivity index (χ1n) is 8.48. The fraction of sp³-hybridized carbons (Fsp3) is 0.750. The van der Waals surface area contributed by atoms with Gasteiger partial charge in [0.15, 0.2) is 11.7 Å². The maximum Gasteiger partial charge on any atom is 0.295 e. The van der Waals surface area contributed by atoms with Crippen LogP contribution in [-0.4, -0.2) is 49.1 Å². The summed E-state index contributed by atoms with van der Waals surface area (Å²) in [5, 5.41) is 2.70. The molecule has 1 aliphatic rings. The van der Waals surface area contributed by atoms with E-state index in [0.29, 0.717) is 25.8 Å². The van der Waals surface area contributed by atoms with E-state index in [4.69, 9.17) is 16.2 Å². The Kier molecular flexibility index (Phi) is 8.90. The number of Topliss-reactive ketones (excluding diaryl/α,β-unsaturated/α-hetero) is 1. The number of amides is 1. The number of carbonyl (C=O) groups is 3. The van der Waals surface area contributed by atoms with Gasteiger partial charge in [0.1, 0.15) is 0 Å². The van der Waals surface area contributed by atoms with Gasteiger partial charge in [-0.05, 0) is 25.2 Å². The molecule has 1 amide bonds. The summed E-state index contributed by atoms with van der Waals surface area (Å²) < 4.78 is 9.49. The normalized spacial score (nSPS) is 19.8. The molecule has 9 nitrogen and oxygen atoms in total. The fourth-order valence-corrected chi connectivity index (χ4v) is 2.41. The molecule has 25 heavy (non-hydrogen) atoms. The molecule has 0 radical (unpaired) electrons. The summed E-state index contributed by atoms with van der Waals surface area (Å²) in [6.07, 6.45) is 1.58. The number of ether oxygens (including phenoxy) is 2. The maximum absolute atomic E-state index is 12.4. The minimum Gasteiger partial charge on any atom is -0.434 e. The third-order valence-electron chi connectivity index (χ3n) is 3.69. The van der Waals surface area contributed by atoms with Crippen LogP contribution in [-0.2, 0) is 23.9 Å². The Morgan fingerprint density at radius 2 is 2.00 bits per heavy atom. The molecular weight excluding hydrogens is 328 g/mol. The van der Waals surface area contributed by atoms with Crippen molar-refractivity contribution in [2.45, 2.75) is 64.4 Å². The number of aliphatic imine (C=N–C) groups is 1. The lowest BCUT2D eigenvalue weighted by atomic mass is 9.97. The van der Waals surface area contributed by atoms with E-state index in [1.807, 2.05) is 13.8 Å². The first-order valence-corrected chi connectivity index (χ1v) is 8.48. The van der Waals surface area contributed by atoms with Crippen molar-refractivity contribution in [2.75, 3.05) is 6.54 Å². The Hall–Kier alpha value is -2.16. The van der Waals surface area contributed by atoms with Crippen LogP contribution in [0.3, 0.4) is 0 Å². The number of hydrogen-bond donors (Lipinski definition) is 3. The van der Waals surface area contributed by atoms with Crippen LogP contribution in [0.4, 0.5) is 0 Å². The number of unbranched alkanes of at least 4 members (excludes halogenated alkanes) is 2. The van der Waals surface area contributed by atoms with Crippen LogP contribution in [0.1, 0.15) is 46.0 Å². The van der Waals surface area contributed by atoms with Crippen molar-refractivity contribution >= 4 is 24.1 Å². The highest BCUT2D eigenvalue weighted by Crippen LogP contribution is 2.23. The van der Waals surface area contributed by atoms with E-state index in [-0.39, 0.29) is 24.1 Å². The fourth-order valence-electron chi connectivity index (χ4n) is 2.41. The molecule has 0 bridgehead atoms. The summed E-state index contributed by atoms with van der Waals surface area (Å²) in [6, 6.07) is -0.564. The number of guanidine groups is 1. The lowest BCUT2D eigenvalue weighted by Crippen LogP contribution is -2.44. The van der Waals surface area contributed by atoms with Crippen LogP contribution >= 0.6 is 0 Å². The third-order valence-corrected chi connectivity index (χ3v) is 3.69. The van der Waals surface area contributed by atoms with Crippen LogP contribution < -0.4 is 16.8 Å². The van der Waals surface area contributed by atoms with E-state index in [1.165, 1.54) is 0 Å². The molecular formula is C16H28N4O5. The van der Waals surface area contributed by atoms with Gasteiger partial charge < -0.3 is 26.3 Å². The van der Waals surface area contributed by atoms with Crippen molar-refractivity contribution in [3.8, 4) is 0 Å². The molecule has 1 saturated heterocycles. The summed E-state index contributed by atoms with van der Waals surface area (Å²) in [5.41, 5.74) is 10.5. The summed E-state index contributed by atoms with van der Waals surface area (Å²) in [4.78, 5) is 38.5. The van der Waals surface area contributed by atoms with Crippen LogP contribution in [0.15, 0.2) is 4.99 Å². The number of rotatable bonds is 13. The Morgan fingerprint density at radius 3 is 2.60 bits per heavy atom. The lowest BCUT2D eigenvalue weighted by Gasteiger charge is -2.19. The first kappa shape index (κ1) is 20.9. The van der Waals surface area contributed by atoms with Crippen LogP contribution in [0.5, 0.6) is 0 Å². The van der Waals surface area contributed by atoms with Crippen molar-refractivity contribution in [1.29, 1.82) is 0 Å². The number of nitrogens with two attached hydrogens (primary N) is 2. The first-order chi connectivity index (χ1) is 11.8. The summed E-state index contributed by atoms with van der Waals surface area (Å²) >= 11 is 0. The van der Waals surface area contributed by atoms with Gasteiger partial charge in [0.05, 0.1) is 6.04 Å². The van der Waals surface area contributed by atoms with Gasteiger partial charge in [0, 0.05) is 13.0 Å². The molecule has 5 N–H and O–H groups in total. The highest BCUT2D eigenvalue weighted by molar-refractivity contribution is 5.91. The SMILES string of the molecule is CC(C)CC(NC(=O)C1OC1OC=O)C(=O)CCCCCN=C(N)N. The average Bonchev–Trinajstić information content (AvgIpc) is 3.29. The second kappa shape index (κ2) is 10.7. The summed E-state index contributed by atoms with van der Waals surface area (Å²) in [5.74, 6) is -0.135. The topological polar surface area (TPSA) is 149 Å². The molecule has 0 aromatic carbocycles. The number of nitrogens with one attached hydrogen (secondary N) is 1. The number of nitrogens with zero attached hydrogens (tertiary/aromatic N) is 1. The Morgan fingerprint density at radius 1 is 1.28 bits per heavy atom. The lowest BCUT2D eigenvalue weighted by molar-refractivity contribution is -0.133. The molecule has 1 fully saturated rings. The molecule has 3 atom stereocenters. The van der Waals surface area contributed by atoms with Crippen molar-refractivity contribution in [2.24, 2.45) is 22.4 Å². The van der Waals surface area contributed by atoms with Crippen molar-refractivity contribution in [1.82, 2.24) is 5.32 Å². The molecule has 0 aliphatic carbocycles. The summed E-state index contributed by atoms with van der Waals surface area (Å²) in [7, 11) is 0. The molecule has 9 heteroatoms. The minimum atomic E-state index is -0.845. The van der Waals surface area contributed by atoms with E-state index < -0.39 is 24.3 Å². The van der Waals surface area contributed by atoms with E-state index in [0.717, 1.165) is 12.8 Å². The summed E-state index contributed by atoms with van der Waals surface area (Å²) in [6.45, 7) is 4.73. The number of epoxide rings is 1. The van der Waals surface area contributed by atoms with Gasteiger partial charge in [-0.2, -0.15) is 0 Å². The number of ketones is 1. The molecule has 3 unspecified atom stereocenters. The van der Waals surface area contributed by atoms with Gasteiger partial charge in [0.2, 0.25) is 12.4 Å². The zero-order valence-electron chi connectivity index (χ0n) is 14.8. The third kappa shape index (κ3) is 8.48. The zero-order chi connectivity index (χ0) is 18.8. The molecule has 0 saturated carbocycles. The second-order valence-corrected chi connectivity index (χ2v) is 6.43. The zero-order valence-corrected chi connectivity index (χ0v) is 14.8. The molecule has 142 valence electrons. The van der Waals surface area contributed by atoms with Gasteiger partial charge >= 0.3 is 0 Å². The van der Waals surface area contributed by atoms with E-state index in [2.05, 4.69) is 15.0 Å². The van der Waals surface area contributed by atoms with Crippen molar-refractivity contribution < 1.29 is 23.9 Å². The van der Waals surface area contributed by atoms with Gasteiger partial charge in [0.25, 0.3) is 12.4 Å². The van der Waals surface area contributed by atoms with Crippen molar-refractivity contribution in [3.05, 3.63) is 0 Å². The van der Waals surface area contributed by atoms with E-state index in [1.54, 1.807) is 0 Å². The Labute approximate surface area is 147 Å². The number of carbonyl (C=O) groups excluding carboxylic acids is 3. The average molecular weight is 356 g/mol. The van der Waals surface area contributed by atoms with Gasteiger partial charge in [-0.3, -0.25) is 19.4 Å². The molecule has 0 aromatic heterocycles. The monoisotopic (exact) mass is 356 g/mol. The standard InChI is InChI=1S/C16H28N4O5/c1-10(2)8-11(20-14(23)13-15(25-13)24-9-21)12(22)6-4-3-5-7-19-16(17)18/h9-11,13,15H,3-8H2,1-2H3,(H,20,23)(H4,17,18,19). The minimum absolute atomic E-state index is 0.0163. The van der Waals surface area contributed by atoms with Gasteiger partial charge in [-0.25, -0.2) is 0 Å². The van der Waals surface area contributed by atoms with Crippen LogP contribution in [0.25, 0.3) is 0 Å². The highest BCUT2D eigenvalue weighted by atomic mass is 16.8. The van der Waals surface area contributed by atoms with E-state index in [9.17, 15) is 14.4 Å². The Balaban J connectivity index is 2.38. The highest BCUT2D eigenvalue weighted by Gasteiger charge is 2.48. The number of hydrogen-bond acceptors (Lipinski definition) is 6. The molecule has 1 aliphatic heterocycles. The van der Waals surface area contributed by atoms with Crippen LogP contribution in [0.2, 0.25) is 0 Å². The molecule has 0 spiro atoms. The predicted molar refractivity (Wildman–Crippen MR) is 91.3 cm³/mol. The Bertz CT molecular complexity index is 491. The predicted octanol–water partition coefficient (Wildman–Crippen LogP) is -0.182.